The van der Waals surface area contributed by atoms with Gasteiger partial charge < -0.3 is 14.4 Å². The molecule has 0 spiro atoms. The lowest BCUT2D eigenvalue weighted by Crippen LogP contribution is -2.57. The molecule has 0 unspecified atom stereocenters. The van der Waals surface area contributed by atoms with E-state index in [9.17, 15) is 13.2 Å². The van der Waals surface area contributed by atoms with Crippen LogP contribution in [0.3, 0.4) is 0 Å². The Labute approximate surface area is 163 Å². The summed E-state index contributed by atoms with van der Waals surface area (Å²) in [7, 11) is -3.47. The van der Waals surface area contributed by atoms with Crippen molar-refractivity contribution >= 4 is 27.3 Å². The van der Waals surface area contributed by atoms with Crippen molar-refractivity contribution in [3.05, 3.63) is 53.6 Å². The number of hydrogen-bond acceptors (Lipinski definition) is 5. The van der Waals surface area contributed by atoms with Gasteiger partial charge in [0.2, 0.25) is 0 Å². The van der Waals surface area contributed by atoms with E-state index in [1.165, 1.54) is 17.0 Å². The van der Waals surface area contributed by atoms with Crippen LogP contribution in [-0.2, 0) is 14.6 Å². The summed E-state index contributed by atoms with van der Waals surface area (Å²) in [6.45, 7) is 2.67. The van der Waals surface area contributed by atoms with E-state index >= 15 is 0 Å². The largest absolute Gasteiger partial charge is 0.494 e. The first-order valence-electron chi connectivity index (χ1n) is 8.53. The van der Waals surface area contributed by atoms with Crippen molar-refractivity contribution in [2.24, 2.45) is 0 Å². The van der Waals surface area contributed by atoms with E-state index < -0.39 is 15.1 Å². The molecule has 3 rings (SSSR count). The Morgan fingerprint density at radius 2 is 1.59 bits per heavy atom. The van der Waals surface area contributed by atoms with Crippen molar-refractivity contribution in [3.8, 4) is 11.5 Å². The van der Waals surface area contributed by atoms with Gasteiger partial charge in [0, 0.05) is 18.1 Å². The SMILES string of the molecule is CCOc1ccc(OCC(=O)N2CC(S(=O)(=O)c3ccc(Cl)cc3)C2)cc1. The van der Waals surface area contributed by atoms with Gasteiger partial charge in [-0.15, -0.1) is 0 Å². The van der Waals surface area contributed by atoms with Crippen molar-refractivity contribution in [1.82, 2.24) is 4.90 Å². The van der Waals surface area contributed by atoms with Gasteiger partial charge in [0.1, 0.15) is 16.7 Å². The van der Waals surface area contributed by atoms with Crippen molar-refractivity contribution in [2.45, 2.75) is 17.1 Å². The first kappa shape index (κ1) is 19.5. The van der Waals surface area contributed by atoms with Crippen LogP contribution in [0.15, 0.2) is 53.4 Å². The second-order valence-electron chi connectivity index (χ2n) is 6.11. The number of sulfone groups is 1. The lowest BCUT2D eigenvalue weighted by atomic mass is 10.2. The number of rotatable bonds is 7. The van der Waals surface area contributed by atoms with E-state index in [2.05, 4.69) is 0 Å². The molecule has 6 nitrogen and oxygen atoms in total. The van der Waals surface area contributed by atoms with E-state index in [0.717, 1.165) is 5.75 Å². The Morgan fingerprint density at radius 3 is 2.15 bits per heavy atom. The number of carbonyl (C=O) groups is 1. The number of carbonyl (C=O) groups excluding carboxylic acids is 1. The maximum atomic E-state index is 12.5. The summed E-state index contributed by atoms with van der Waals surface area (Å²) < 4.78 is 35.9. The third-order valence-electron chi connectivity index (χ3n) is 4.28. The summed E-state index contributed by atoms with van der Waals surface area (Å²) in [6.07, 6.45) is 0. The Hall–Kier alpha value is -2.25. The van der Waals surface area contributed by atoms with Crippen LogP contribution in [0.4, 0.5) is 0 Å². The topological polar surface area (TPSA) is 72.9 Å². The molecule has 1 aliphatic rings. The molecule has 1 aliphatic heterocycles. The maximum Gasteiger partial charge on any atom is 0.260 e. The fourth-order valence-corrected chi connectivity index (χ4v) is 4.47. The van der Waals surface area contributed by atoms with Gasteiger partial charge in [-0.25, -0.2) is 8.42 Å². The molecule has 2 aromatic carbocycles. The molecule has 1 saturated heterocycles. The molecule has 0 radical (unpaired) electrons. The van der Waals surface area contributed by atoms with Gasteiger partial charge in [0.05, 0.1) is 11.5 Å². The van der Waals surface area contributed by atoms with Crippen molar-refractivity contribution in [2.75, 3.05) is 26.3 Å². The minimum Gasteiger partial charge on any atom is -0.494 e. The summed E-state index contributed by atoms with van der Waals surface area (Å²) in [5, 5.41) is -0.126. The van der Waals surface area contributed by atoms with Crippen LogP contribution in [0.5, 0.6) is 11.5 Å². The summed E-state index contributed by atoms with van der Waals surface area (Å²) in [5.74, 6) is 1.04. The Morgan fingerprint density at radius 1 is 1.04 bits per heavy atom. The smallest absolute Gasteiger partial charge is 0.260 e. The van der Waals surface area contributed by atoms with Crippen LogP contribution in [0.1, 0.15) is 6.92 Å². The lowest BCUT2D eigenvalue weighted by Gasteiger charge is -2.38. The molecule has 0 saturated carbocycles. The summed E-state index contributed by atoms with van der Waals surface area (Å²) in [5.41, 5.74) is 0. The highest BCUT2D eigenvalue weighted by Crippen LogP contribution is 2.25. The van der Waals surface area contributed by atoms with Crippen molar-refractivity contribution in [3.63, 3.8) is 0 Å². The van der Waals surface area contributed by atoms with Crippen molar-refractivity contribution in [1.29, 1.82) is 0 Å². The van der Waals surface area contributed by atoms with Gasteiger partial charge in [-0.2, -0.15) is 0 Å². The van der Waals surface area contributed by atoms with E-state index in [-0.39, 0.29) is 30.5 Å². The maximum absolute atomic E-state index is 12.5. The van der Waals surface area contributed by atoms with Gasteiger partial charge in [-0.05, 0) is 55.5 Å². The van der Waals surface area contributed by atoms with Crippen LogP contribution >= 0.6 is 11.6 Å². The van der Waals surface area contributed by atoms with E-state index in [1.807, 2.05) is 6.92 Å². The number of ether oxygens (including phenoxy) is 2. The highest BCUT2D eigenvalue weighted by atomic mass is 35.5. The molecule has 144 valence electrons. The number of benzene rings is 2. The van der Waals surface area contributed by atoms with Gasteiger partial charge >= 0.3 is 0 Å². The molecular weight excluding hydrogens is 390 g/mol. The van der Waals surface area contributed by atoms with Crippen LogP contribution in [0, 0.1) is 0 Å². The second-order valence-corrected chi connectivity index (χ2v) is 8.78. The average molecular weight is 410 g/mol. The molecule has 8 heteroatoms. The van der Waals surface area contributed by atoms with Gasteiger partial charge in [0.15, 0.2) is 16.4 Å². The zero-order valence-corrected chi connectivity index (χ0v) is 16.4. The van der Waals surface area contributed by atoms with Crippen LogP contribution in [0.25, 0.3) is 0 Å². The highest BCUT2D eigenvalue weighted by Gasteiger charge is 2.40. The zero-order valence-electron chi connectivity index (χ0n) is 14.8. The third-order valence-corrected chi connectivity index (χ3v) is 6.64. The van der Waals surface area contributed by atoms with E-state index in [1.54, 1.807) is 36.4 Å². The van der Waals surface area contributed by atoms with Crippen LogP contribution in [-0.4, -0.2) is 50.8 Å². The van der Waals surface area contributed by atoms with Crippen LogP contribution in [0.2, 0.25) is 5.02 Å². The Bertz CT molecular complexity index is 891. The van der Waals surface area contributed by atoms with E-state index in [4.69, 9.17) is 21.1 Å². The second kappa shape index (κ2) is 8.19. The molecule has 0 aromatic heterocycles. The molecule has 0 bridgehead atoms. The van der Waals surface area contributed by atoms with E-state index in [0.29, 0.717) is 17.4 Å². The van der Waals surface area contributed by atoms with Gasteiger partial charge in [0.25, 0.3) is 5.91 Å². The molecule has 1 fully saturated rings. The van der Waals surface area contributed by atoms with Crippen molar-refractivity contribution < 1.29 is 22.7 Å². The molecule has 1 heterocycles. The number of amides is 1. The normalized spacial score (nSPS) is 14.5. The summed E-state index contributed by atoms with van der Waals surface area (Å²) in [6, 6.07) is 13.0. The minimum atomic E-state index is -3.47. The fraction of sp³-hybridized carbons (Fsp3) is 0.316. The highest BCUT2D eigenvalue weighted by molar-refractivity contribution is 7.92. The Balaban J connectivity index is 1.50. The Kier molecular flexibility index (Phi) is 5.92. The minimum absolute atomic E-state index is 0.137. The zero-order chi connectivity index (χ0) is 19.4. The molecule has 1 amide bonds. The summed E-state index contributed by atoms with van der Waals surface area (Å²) in [4.78, 5) is 13.9. The molecule has 27 heavy (non-hydrogen) atoms. The first-order valence-corrected chi connectivity index (χ1v) is 10.5. The predicted octanol–water partition coefficient (Wildman–Crippen LogP) is 2.80. The third kappa shape index (κ3) is 4.54. The van der Waals surface area contributed by atoms with Crippen LogP contribution < -0.4 is 9.47 Å². The predicted molar refractivity (Wildman–Crippen MR) is 102 cm³/mol. The summed E-state index contributed by atoms with van der Waals surface area (Å²) >= 11 is 5.79. The molecular formula is C19H20ClNO5S. The number of nitrogens with zero attached hydrogens (tertiary/aromatic N) is 1. The number of hydrogen-bond donors (Lipinski definition) is 0. The fourth-order valence-electron chi connectivity index (χ4n) is 2.69. The lowest BCUT2D eigenvalue weighted by molar-refractivity contribution is -0.136. The molecule has 0 aliphatic carbocycles. The molecule has 0 N–H and O–H groups in total. The van der Waals surface area contributed by atoms with Gasteiger partial charge in [-0.1, -0.05) is 11.6 Å². The number of likely N-dealkylation sites (tertiary alicyclic amines) is 1. The standard InChI is InChI=1S/C19H20ClNO5S/c1-2-25-15-5-7-16(8-6-15)26-13-19(22)21-11-18(12-21)27(23,24)17-9-3-14(20)4-10-17/h3-10,18H,2,11-13H2,1H3. The quantitative estimate of drug-likeness (QED) is 0.703. The monoisotopic (exact) mass is 409 g/mol. The molecule has 2 aromatic rings. The first-order chi connectivity index (χ1) is 12.9. The molecule has 0 atom stereocenters. The number of halogens is 1. The average Bonchev–Trinajstić information content (AvgIpc) is 2.60. The van der Waals surface area contributed by atoms with Gasteiger partial charge in [-0.3, -0.25) is 4.79 Å².